The van der Waals surface area contributed by atoms with E-state index in [1.54, 1.807) is 18.2 Å². The first-order chi connectivity index (χ1) is 10.7. The second kappa shape index (κ2) is 5.99. The highest BCUT2D eigenvalue weighted by Gasteiger charge is 2.28. The fourth-order valence-electron chi connectivity index (χ4n) is 2.54. The van der Waals surface area contributed by atoms with Crippen LogP contribution in [0, 0.1) is 0 Å². The second-order valence-electron chi connectivity index (χ2n) is 5.02. The molecule has 5 nitrogen and oxygen atoms in total. The number of hydrogen-bond donors (Lipinski definition) is 1. The number of rotatable bonds is 3. The summed E-state index contributed by atoms with van der Waals surface area (Å²) in [5.74, 6) is -0.714. The molecule has 3 rings (SSSR count). The van der Waals surface area contributed by atoms with Gasteiger partial charge in [0, 0.05) is 12.0 Å². The van der Waals surface area contributed by atoms with Gasteiger partial charge in [-0.1, -0.05) is 30.3 Å². The maximum absolute atomic E-state index is 12.1. The lowest BCUT2D eigenvalue weighted by atomic mass is 9.93. The van der Waals surface area contributed by atoms with E-state index in [1.807, 2.05) is 30.3 Å². The van der Waals surface area contributed by atoms with E-state index in [2.05, 4.69) is 10.3 Å². The molecular weight excluding hydrogens is 282 g/mol. The molecule has 1 atom stereocenters. The monoisotopic (exact) mass is 297 g/mol. The number of carbonyl (C=O) groups is 2. The molecule has 0 radical (unpaired) electrons. The van der Waals surface area contributed by atoms with Crippen LogP contribution in [-0.4, -0.2) is 19.0 Å². The van der Waals surface area contributed by atoms with Gasteiger partial charge in [0.15, 0.2) is 0 Å². The molecule has 1 heterocycles. The van der Waals surface area contributed by atoms with E-state index in [-0.39, 0.29) is 18.0 Å². The topological polar surface area (TPSA) is 64.6 Å². The van der Waals surface area contributed by atoms with Gasteiger partial charge in [0.2, 0.25) is 0 Å². The average Bonchev–Trinajstić information content (AvgIpc) is 2.55. The van der Waals surface area contributed by atoms with Gasteiger partial charge in [0.1, 0.15) is 6.10 Å². The van der Waals surface area contributed by atoms with E-state index in [9.17, 15) is 9.59 Å². The number of esters is 1. The van der Waals surface area contributed by atoms with Crippen LogP contribution in [0.15, 0.2) is 48.5 Å². The van der Waals surface area contributed by atoms with Crippen LogP contribution in [0.3, 0.4) is 0 Å². The van der Waals surface area contributed by atoms with Crippen molar-refractivity contribution in [2.24, 2.45) is 0 Å². The van der Waals surface area contributed by atoms with Crippen LogP contribution in [0.5, 0.6) is 0 Å². The van der Waals surface area contributed by atoms with Crippen molar-refractivity contribution in [3.8, 4) is 0 Å². The summed E-state index contributed by atoms with van der Waals surface area (Å²) in [6.45, 7) is 0. The van der Waals surface area contributed by atoms with Crippen molar-refractivity contribution in [1.82, 2.24) is 5.48 Å². The Labute approximate surface area is 127 Å². The first-order valence-corrected chi connectivity index (χ1v) is 6.91. The third-order valence-corrected chi connectivity index (χ3v) is 3.61. The minimum Gasteiger partial charge on any atom is -0.454 e. The van der Waals surface area contributed by atoms with Crippen LogP contribution >= 0.6 is 0 Å². The predicted octanol–water partition coefficient (Wildman–Crippen LogP) is 2.43. The van der Waals surface area contributed by atoms with Gasteiger partial charge < -0.3 is 4.74 Å². The van der Waals surface area contributed by atoms with E-state index < -0.39 is 0 Å². The van der Waals surface area contributed by atoms with Crippen molar-refractivity contribution < 1.29 is 19.2 Å². The zero-order chi connectivity index (χ0) is 15.5. The van der Waals surface area contributed by atoms with Crippen LogP contribution in [0.2, 0.25) is 0 Å². The zero-order valence-electron chi connectivity index (χ0n) is 12.0. The normalized spacial score (nSPS) is 16.6. The number of carbonyl (C=O) groups excluding carboxylic acids is 2. The summed E-state index contributed by atoms with van der Waals surface area (Å²) in [4.78, 5) is 28.6. The molecule has 2 aromatic rings. The average molecular weight is 297 g/mol. The van der Waals surface area contributed by atoms with Crippen molar-refractivity contribution in [1.29, 1.82) is 0 Å². The lowest BCUT2D eigenvalue weighted by Gasteiger charge is -2.25. The number of cyclic esters (lactones) is 1. The Balaban J connectivity index is 1.92. The van der Waals surface area contributed by atoms with Gasteiger partial charge in [-0.25, -0.2) is 10.3 Å². The van der Waals surface area contributed by atoms with E-state index in [1.165, 1.54) is 7.11 Å². The Bertz CT molecular complexity index is 712. The molecule has 1 N–H and O–H groups in total. The third kappa shape index (κ3) is 2.71. The van der Waals surface area contributed by atoms with Gasteiger partial charge in [-0.2, -0.15) is 0 Å². The van der Waals surface area contributed by atoms with E-state index in [4.69, 9.17) is 4.74 Å². The summed E-state index contributed by atoms with van der Waals surface area (Å²) >= 11 is 0. The Morgan fingerprint density at radius 2 is 2.00 bits per heavy atom. The van der Waals surface area contributed by atoms with Crippen LogP contribution in [0.25, 0.3) is 0 Å². The highest BCUT2D eigenvalue weighted by atomic mass is 16.6. The smallest absolute Gasteiger partial charge is 0.339 e. The molecule has 5 heteroatoms. The molecule has 22 heavy (non-hydrogen) atoms. The largest absolute Gasteiger partial charge is 0.454 e. The van der Waals surface area contributed by atoms with Crippen LogP contribution in [0.4, 0.5) is 0 Å². The molecule has 2 aromatic carbocycles. The Hall–Kier alpha value is -2.66. The molecule has 0 saturated heterocycles. The van der Waals surface area contributed by atoms with Crippen LogP contribution in [0.1, 0.15) is 37.9 Å². The SMILES string of the molecule is CONC(=O)c1ccc2c(c1)CC(c1ccccc1)OC2=O. The summed E-state index contributed by atoms with van der Waals surface area (Å²) in [6, 6.07) is 14.5. The van der Waals surface area contributed by atoms with Crippen LogP contribution < -0.4 is 5.48 Å². The molecule has 0 bridgehead atoms. The summed E-state index contributed by atoms with van der Waals surface area (Å²) in [6.07, 6.45) is 0.209. The standard InChI is InChI=1S/C17H15NO4/c1-21-18-16(19)12-7-8-14-13(9-12)10-15(22-17(14)20)11-5-3-2-4-6-11/h2-9,15H,10H2,1H3,(H,18,19). The summed E-state index contributed by atoms with van der Waals surface area (Å²) in [5.41, 5.74) is 4.95. The maximum atomic E-state index is 12.1. The molecule has 1 aliphatic rings. The van der Waals surface area contributed by atoms with Crippen molar-refractivity contribution in [3.05, 3.63) is 70.8 Å². The summed E-state index contributed by atoms with van der Waals surface area (Å²) in [5, 5.41) is 0. The molecule has 0 aromatic heterocycles. The van der Waals surface area contributed by atoms with Gasteiger partial charge in [-0.15, -0.1) is 0 Å². The van der Waals surface area contributed by atoms with Gasteiger partial charge in [0.25, 0.3) is 5.91 Å². The number of hydroxylamine groups is 1. The van der Waals surface area contributed by atoms with Gasteiger partial charge in [0.05, 0.1) is 12.7 Å². The molecule has 0 aliphatic carbocycles. The molecule has 1 amide bonds. The van der Waals surface area contributed by atoms with E-state index >= 15 is 0 Å². The molecule has 1 unspecified atom stereocenters. The maximum Gasteiger partial charge on any atom is 0.339 e. The molecular formula is C17H15NO4. The molecule has 0 saturated carbocycles. The molecule has 0 fully saturated rings. The van der Waals surface area contributed by atoms with Crippen molar-refractivity contribution in [2.75, 3.05) is 7.11 Å². The highest BCUT2D eigenvalue weighted by Crippen LogP contribution is 2.30. The highest BCUT2D eigenvalue weighted by molar-refractivity contribution is 5.97. The Kier molecular flexibility index (Phi) is 3.89. The van der Waals surface area contributed by atoms with E-state index in [0.717, 1.165) is 11.1 Å². The van der Waals surface area contributed by atoms with Gasteiger partial charge >= 0.3 is 5.97 Å². The summed E-state index contributed by atoms with van der Waals surface area (Å²) < 4.78 is 5.48. The minimum absolute atomic E-state index is 0.332. The van der Waals surface area contributed by atoms with Gasteiger partial charge in [-0.3, -0.25) is 9.63 Å². The van der Waals surface area contributed by atoms with Crippen molar-refractivity contribution in [2.45, 2.75) is 12.5 Å². The number of ether oxygens (including phenoxy) is 1. The number of nitrogens with one attached hydrogen (secondary N) is 1. The first-order valence-electron chi connectivity index (χ1n) is 6.91. The van der Waals surface area contributed by atoms with Crippen molar-refractivity contribution in [3.63, 3.8) is 0 Å². The minimum atomic E-state index is -0.367. The van der Waals surface area contributed by atoms with Crippen LogP contribution in [-0.2, 0) is 16.0 Å². The third-order valence-electron chi connectivity index (χ3n) is 3.61. The number of fused-ring (bicyclic) bond motifs is 1. The fourth-order valence-corrected chi connectivity index (χ4v) is 2.54. The fraction of sp³-hybridized carbons (Fsp3) is 0.176. The quantitative estimate of drug-likeness (QED) is 0.698. The molecule has 112 valence electrons. The zero-order valence-corrected chi connectivity index (χ0v) is 12.0. The van der Waals surface area contributed by atoms with Crippen molar-refractivity contribution >= 4 is 11.9 Å². The number of amides is 1. The molecule has 0 spiro atoms. The van der Waals surface area contributed by atoms with E-state index in [0.29, 0.717) is 17.5 Å². The number of benzene rings is 2. The lowest BCUT2D eigenvalue weighted by molar-refractivity contribution is 0.0252. The Morgan fingerprint density at radius 1 is 1.23 bits per heavy atom. The predicted molar refractivity (Wildman–Crippen MR) is 79.2 cm³/mol. The lowest BCUT2D eigenvalue weighted by Crippen LogP contribution is -2.25. The number of hydrogen-bond acceptors (Lipinski definition) is 4. The summed E-state index contributed by atoms with van der Waals surface area (Å²) in [7, 11) is 1.37. The first kappa shape index (κ1) is 14.3. The Morgan fingerprint density at radius 3 is 2.73 bits per heavy atom. The van der Waals surface area contributed by atoms with Gasteiger partial charge in [-0.05, 0) is 29.3 Å². The molecule has 1 aliphatic heterocycles. The second-order valence-corrected chi connectivity index (χ2v) is 5.02.